The number of hydrogen-bond acceptors (Lipinski definition) is 8. The Hall–Kier alpha value is -3.07. The summed E-state index contributed by atoms with van der Waals surface area (Å²) in [6.45, 7) is 4.09. The first-order valence-corrected chi connectivity index (χ1v) is 31.9. The van der Waals surface area contributed by atoms with E-state index in [4.69, 9.17) is 18.5 Å². The maximum Gasteiger partial charge on any atom is 0.306 e. The molecule has 0 aromatic rings. The monoisotopic (exact) mass is 1070 g/mol. The van der Waals surface area contributed by atoms with E-state index in [1.165, 1.54) is 135 Å². The SMILES string of the molecule is CC/C=C\C/C=C\C/C=C\C/C=C\C/C=C\C/C=C\C/C=C\C/C=C\CCCCC(=O)OC(COC(=O)CCCCCCCCCCCCCCCCCCCCCCCCCC)COP(=O)([O-])OCC[N+](C)(C)C. The quantitative estimate of drug-likeness (QED) is 0.0195. The number of quaternary nitrogens is 1. The molecule has 0 aliphatic rings. The van der Waals surface area contributed by atoms with Crippen LogP contribution in [0.3, 0.4) is 0 Å². The molecule has 0 aliphatic carbocycles. The summed E-state index contributed by atoms with van der Waals surface area (Å²) in [5.74, 6) is -0.882. The van der Waals surface area contributed by atoms with E-state index >= 15 is 0 Å². The van der Waals surface area contributed by atoms with Gasteiger partial charge in [0.05, 0.1) is 27.7 Å². The molecule has 0 heterocycles. The highest BCUT2D eigenvalue weighted by atomic mass is 31.2. The molecule has 0 radical (unpaired) electrons. The molecular formula is C65H114NO8P. The third-order valence-corrected chi connectivity index (χ3v) is 13.8. The van der Waals surface area contributed by atoms with Gasteiger partial charge in [0.15, 0.2) is 6.10 Å². The number of ether oxygens (including phenoxy) is 2. The topological polar surface area (TPSA) is 111 Å². The van der Waals surface area contributed by atoms with Gasteiger partial charge < -0.3 is 27.9 Å². The molecule has 0 aromatic heterocycles. The van der Waals surface area contributed by atoms with Crippen LogP contribution in [0.1, 0.15) is 251 Å². The lowest BCUT2D eigenvalue weighted by Gasteiger charge is -2.28. The van der Waals surface area contributed by atoms with Gasteiger partial charge in [0, 0.05) is 12.8 Å². The summed E-state index contributed by atoms with van der Waals surface area (Å²) in [5.41, 5.74) is 0. The van der Waals surface area contributed by atoms with Gasteiger partial charge in [0.1, 0.15) is 19.8 Å². The highest BCUT2D eigenvalue weighted by molar-refractivity contribution is 7.45. The largest absolute Gasteiger partial charge is 0.756 e. The summed E-state index contributed by atoms with van der Waals surface area (Å²) >= 11 is 0. The van der Waals surface area contributed by atoms with Gasteiger partial charge in [-0.3, -0.25) is 14.2 Å². The minimum absolute atomic E-state index is 0.0433. The van der Waals surface area contributed by atoms with Gasteiger partial charge in [-0.25, -0.2) is 0 Å². The van der Waals surface area contributed by atoms with Crippen molar-refractivity contribution in [1.29, 1.82) is 0 Å². The number of rotatable bonds is 55. The molecule has 0 spiro atoms. The first-order chi connectivity index (χ1) is 36.5. The molecule has 0 aromatic carbocycles. The average Bonchev–Trinajstić information content (AvgIpc) is 3.37. The van der Waals surface area contributed by atoms with Crippen LogP contribution in [0.4, 0.5) is 0 Å². The van der Waals surface area contributed by atoms with E-state index in [1.54, 1.807) is 0 Å². The fourth-order valence-electron chi connectivity index (χ4n) is 8.20. The number of unbranched alkanes of at least 4 members (excludes halogenated alkanes) is 25. The van der Waals surface area contributed by atoms with Crippen molar-refractivity contribution in [1.82, 2.24) is 0 Å². The van der Waals surface area contributed by atoms with E-state index in [1.807, 2.05) is 21.1 Å². The van der Waals surface area contributed by atoms with Crippen molar-refractivity contribution < 1.29 is 42.1 Å². The summed E-state index contributed by atoms with van der Waals surface area (Å²) in [4.78, 5) is 37.9. The second kappa shape index (κ2) is 55.7. The van der Waals surface area contributed by atoms with E-state index in [0.29, 0.717) is 17.4 Å². The molecule has 75 heavy (non-hydrogen) atoms. The summed E-state index contributed by atoms with van der Waals surface area (Å²) in [6.07, 6.45) is 76.1. The van der Waals surface area contributed by atoms with E-state index < -0.39 is 32.5 Å². The number of esters is 2. The lowest BCUT2D eigenvalue weighted by molar-refractivity contribution is -0.870. The average molecular weight is 1070 g/mol. The molecule has 0 saturated carbocycles. The maximum absolute atomic E-state index is 12.8. The van der Waals surface area contributed by atoms with Crippen LogP contribution in [-0.4, -0.2) is 70.0 Å². The lowest BCUT2D eigenvalue weighted by Crippen LogP contribution is -2.37. The number of nitrogens with zero attached hydrogens (tertiary/aromatic N) is 1. The van der Waals surface area contributed by atoms with Crippen LogP contribution in [0.25, 0.3) is 0 Å². The predicted molar refractivity (Wildman–Crippen MR) is 319 cm³/mol. The second-order valence-electron chi connectivity index (χ2n) is 21.3. The Kier molecular flexibility index (Phi) is 53.4. The second-order valence-corrected chi connectivity index (χ2v) is 22.8. The van der Waals surface area contributed by atoms with Crippen LogP contribution in [0, 0.1) is 0 Å². The minimum Gasteiger partial charge on any atom is -0.756 e. The Morgan fingerprint density at radius 1 is 0.427 bits per heavy atom. The molecule has 0 bridgehead atoms. The van der Waals surface area contributed by atoms with Crippen molar-refractivity contribution in [2.75, 3.05) is 47.5 Å². The molecule has 0 rings (SSSR count). The zero-order chi connectivity index (χ0) is 54.9. The van der Waals surface area contributed by atoms with Crippen LogP contribution in [0.5, 0.6) is 0 Å². The third kappa shape index (κ3) is 60.0. The van der Waals surface area contributed by atoms with Crippen molar-refractivity contribution in [2.45, 2.75) is 258 Å². The standard InChI is InChI=1S/C65H114NO8P/c1-6-8-10-12-14-16-18-20-22-24-26-28-30-32-33-34-36-38-40-42-44-46-48-50-52-54-56-58-65(68)74-63(62-73-75(69,70)72-60-59-66(3,4)5)61-71-64(67)57-55-53-51-49-47-45-43-41-39-37-35-31-29-27-25-23-21-19-17-15-13-11-9-7-2/h8,10,14,16,20,22,26,28,32-33,36,38,42,44,48,50,63H,6-7,9,11-13,15,17-19,21,23-25,27,29-31,34-35,37,39-41,43,45-47,49,51-62H2,1-5H3/b10-8-,16-14-,22-20-,28-26-,33-32-,38-36-,44-42-,50-48-. The number of likely N-dealkylation sites (N-methyl/N-ethyl adjacent to an activating group) is 1. The van der Waals surface area contributed by atoms with Crippen LogP contribution in [-0.2, 0) is 32.7 Å². The first-order valence-electron chi connectivity index (χ1n) is 30.4. The summed E-state index contributed by atoms with van der Waals surface area (Å²) in [7, 11) is 1.13. The molecule has 0 N–H and O–H groups in total. The van der Waals surface area contributed by atoms with Gasteiger partial charge in [-0.05, 0) is 77.0 Å². The lowest BCUT2D eigenvalue weighted by atomic mass is 10.0. The Balaban J connectivity index is 4.24. The smallest absolute Gasteiger partial charge is 0.306 e. The summed E-state index contributed by atoms with van der Waals surface area (Å²) < 4.78 is 34.1. The third-order valence-electron chi connectivity index (χ3n) is 12.9. The van der Waals surface area contributed by atoms with Crippen molar-refractivity contribution >= 4 is 19.8 Å². The van der Waals surface area contributed by atoms with Crippen LogP contribution in [0.15, 0.2) is 97.2 Å². The van der Waals surface area contributed by atoms with Gasteiger partial charge >= 0.3 is 11.9 Å². The number of allylic oxidation sites excluding steroid dienone is 16. The van der Waals surface area contributed by atoms with E-state index in [0.717, 1.165) is 83.5 Å². The Morgan fingerprint density at radius 3 is 1.13 bits per heavy atom. The minimum atomic E-state index is -4.66. The van der Waals surface area contributed by atoms with E-state index in [2.05, 4.69) is 111 Å². The zero-order valence-electron chi connectivity index (χ0n) is 49.0. The number of carbonyl (C=O) groups is 2. The zero-order valence-corrected chi connectivity index (χ0v) is 49.9. The highest BCUT2D eigenvalue weighted by Crippen LogP contribution is 2.38. The molecule has 2 atom stereocenters. The highest BCUT2D eigenvalue weighted by Gasteiger charge is 2.21. The molecule has 0 amide bonds. The fourth-order valence-corrected chi connectivity index (χ4v) is 8.93. The van der Waals surface area contributed by atoms with Gasteiger partial charge in [0.2, 0.25) is 0 Å². The van der Waals surface area contributed by atoms with Gasteiger partial charge in [-0.15, -0.1) is 0 Å². The van der Waals surface area contributed by atoms with Crippen molar-refractivity contribution in [3.8, 4) is 0 Å². The number of phosphoric acid groups is 1. The number of carbonyl (C=O) groups excluding carboxylic acids is 2. The van der Waals surface area contributed by atoms with E-state index in [-0.39, 0.29) is 26.1 Å². The fraction of sp³-hybridized carbons (Fsp3) is 0.723. The maximum atomic E-state index is 12.8. The Bertz CT molecular complexity index is 1590. The summed E-state index contributed by atoms with van der Waals surface area (Å²) in [5, 5.41) is 0. The van der Waals surface area contributed by atoms with Crippen molar-refractivity contribution in [3.63, 3.8) is 0 Å². The molecule has 432 valence electrons. The van der Waals surface area contributed by atoms with Gasteiger partial charge in [-0.2, -0.15) is 0 Å². The van der Waals surface area contributed by atoms with E-state index in [9.17, 15) is 19.0 Å². The van der Waals surface area contributed by atoms with Crippen LogP contribution in [0.2, 0.25) is 0 Å². The summed E-state index contributed by atoms with van der Waals surface area (Å²) in [6, 6.07) is 0. The molecule has 0 saturated heterocycles. The van der Waals surface area contributed by atoms with Crippen LogP contribution < -0.4 is 4.89 Å². The number of phosphoric ester groups is 1. The molecule has 9 nitrogen and oxygen atoms in total. The van der Waals surface area contributed by atoms with Crippen LogP contribution >= 0.6 is 7.82 Å². The number of hydrogen-bond donors (Lipinski definition) is 0. The molecule has 0 aliphatic heterocycles. The Morgan fingerprint density at radius 2 is 0.760 bits per heavy atom. The molecular weight excluding hydrogens is 954 g/mol. The molecule has 2 unspecified atom stereocenters. The Labute approximate surface area is 462 Å². The van der Waals surface area contributed by atoms with Gasteiger partial charge in [-0.1, -0.05) is 259 Å². The van der Waals surface area contributed by atoms with Crippen molar-refractivity contribution in [2.24, 2.45) is 0 Å². The molecule has 0 fully saturated rings. The van der Waals surface area contributed by atoms with Crippen molar-refractivity contribution in [3.05, 3.63) is 97.2 Å². The van der Waals surface area contributed by atoms with Gasteiger partial charge in [0.25, 0.3) is 7.82 Å². The normalized spacial score (nSPS) is 13.9. The first kappa shape index (κ1) is 71.9. The molecule has 10 heteroatoms. The predicted octanol–water partition coefficient (Wildman–Crippen LogP) is 18.6.